The lowest BCUT2D eigenvalue weighted by molar-refractivity contribution is -0.135. The third-order valence-corrected chi connectivity index (χ3v) is 7.06. The van der Waals surface area contributed by atoms with Crippen molar-refractivity contribution < 1.29 is 27.9 Å². The van der Waals surface area contributed by atoms with Crippen LogP contribution in [0.25, 0.3) is 0 Å². The van der Waals surface area contributed by atoms with Crippen LogP contribution in [0.1, 0.15) is 45.1 Å². The third kappa shape index (κ3) is 4.09. The first kappa shape index (κ1) is 21.5. The molecule has 3 aliphatic rings. The molecule has 31 heavy (non-hydrogen) atoms. The Balaban J connectivity index is 1.39. The van der Waals surface area contributed by atoms with Gasteiger partial charge in [0.25, 0.3) is 5.91 Å². The van der Waals surface area contributed by atoms with Gasteiger partial charge < -0.3 is 15.4 Å². The summed E-state index contributed by atoms with van der Waals surface area (Å²) in [5.74, 6) is 0.872. The average molecular weight is 435 g/mol. The van der Waals surface area contributed by atoms with Gasteiger partial charge in [-0.3, -0.25) is 14.5 Å². The summed E-state index contributed by atoms with van der Waals surface area (Å²) in [6.07, 6.45) is 4.84. The summed E-state index contributed by atoms with van der Waals surface area (Å²) in [7, 11) is 0. The van der Waals surface area contributed by atoms with Crippen molar-refractivity contribution >= 4 is 17.8 Å². The van der Waals surface area contributed by atoms with E-state index in [0.29, 0.717) is 17.4 Å². The quantitative estimate of drug-likeness (QED) is 0.645. The van der Waals surface area contributed by atoms with Crippen molar-refractivity contribution in [1.82, 2.24) is 15.5 Å². The Bertz CT molecular complexity index is 878. The van der Waals surface area contributed by atoms with E-state index in [1.165, 1.54) is 50.5 Å². The van der Waals surface area contributed by atoms with E-state index in [1.807, 2.05) is 6.92 Å². The van der Waals surface area contributed by atoms with Crippen molar-refractivity contribution in [2.24, 2.45) is 17.8 Å². The third-order valence-electron chi connectivity index (χ3n) is 7.06. The molecule has 7 nitrogen and oxygen atoms in total. The predicted molar refractivity (Wildman–Crippen MR) is 107 cm³/mol. The zero-order valence-corrected chi connectivity index (χ0v) is 17.6. The fraction of sp³-hybridized carbons (Fsp3) is 0.591. The van der Waals surface area contributed by atoms with E-state index in [-0.39, 0.29) is 24.2 Å². The molecule has 0 spiro atoms. The standard InChI is InChI=1S/C22H27F2N3O4/c1-12(17-10-13-3-4-14(17)9-13)25-18(28)11-27-19(29)22(2,26-21(27)30)15-5-7-16(8-6-15)31-20(23)24/h5-8,12-14,17,20H,3-4,9-11H2,1-2H3,(H,25,28)(H,26,30)/t12-,13-,14-,17-,22-/m0/s1. The van der Waals surface area contributed by atoms with Gasteiger partial charge in [0.2, 0.25) is 5.91 Å². The largest absolute Gasteiger partial charge is 0.435 e. The molecule has 1 aromatic carbocycles. The second kappa shape index (κ2) is 8.09. The number of urea groups is 1. The first-order valence-corrected chi connectivity index (χ1v) is 10.7. The fourth-order valence-corrected chi connectivity index (χ4v) is 5.46. The topological polar surface area (TPSA) is 87.7 Å². The molecule has 0 radical (unpaired) electrons. The van der Waals surface area contributed by atoms with Crippen molar-refractivity contribution in [3.8, 4) is 5.75 Å². The van der Waals surface area contributed by atoms with Gasteiger partial charge in [0.1, 0.15) is 17.8 Å². The van der Waals surface area contributed by atoms with Gasteiger partial charge in [0.15, 0.2) is 0 Å². The highest BCUT2D eigenvalue weighted by Crippen LogP contribution is 2.49. The second-order valence-electron chi connectivity index (χ2n) is 9.04. The smallest absolute Gasteiger partial charge is 0.387 e. The van der Waals surface area contributed by atoms with E-state index in [0.717, 1.165) is 17.2 Å². The van der Waals surface area contributed by atoms with Crippen LogP contribution in [0.15, 0.2) is 24.3 Å². The molecule has 4 amide bonds. The van der Waals surface area contributed by atoms with Crippen LogP contribution in [0.4, 0.5) is 13.6 Å². The molecule has 4 rings (SSSR count). The Morgan fingerprint density at radius 1 is 1.26 bits per heavy atom. The van der Waals surface area contributed by atoms with Gasteiger partial charge in [0.05, 0.1) is 0 Å². The molecule has 2 aliphatic carbocycles. The van der Waals surface area contributed by atoms with Crippen LogP contribution >= 0.6 is 0 Å². The number of carbonyl (C=O) groups excluding carboxylic acids is 3. The second-order valence-corrected chi connectivity index (χ2v) is 9.04. The van der Waals surface area contributed by atoms with Crippen LogP contribution in [-0.4, -0.2) is 41.9 Å². The summed E-state index contributed by atoms with van der Waals surface area (Å²) in [6, 6.07) is 4.82. The van der Waals surface area contributed by atoms with Crippen molar-refractivity contribution in [3.05, 3.63) is 29.8 Å². The maximum Gasteiger partial charge on any atom is 0.387 e. The lowest BCUT2D eigenvalue weighted by atomic mass is 9.84. The summed E-state index contributed by atoms with van der Waals surface area (Å²) < 4.78 is 29.0. The van der Waals surface area contributed by atoms with Crippen molar-refractivity contribution in [3.63, 3.8) is 0 Å². The predicted octanol–water partition coefficient (Wildman–Crippen LogP) is 3.00. The van der Waals surface area contributed by atoms with Crippen molar-refractivity contribution in [2.45, 2.75) is 57.7 Å². The number of nitrogens with one attached hydrogen (secondary N) is 2. The Hall–Kier alpha value is -2.71. The maximum atomic E-state index is 13.0. The minimum Gasteiger partial charge on any atom is -0.435 e. The van der Waals surface area contributed by atoms with Gasteiger partial charge in [0, 0.05) is 6.04 Å². The first-order valence-electron chi connectivity index (χ1n) is 10.7. The number of ether oxygens (including phenoxy) is 1. The highest BCUT2D eigenvalue weighted by molar-refractivity contribution is 6.09. The summed E-state index contributed by atoms with van der Waals surface area (Å²) in [4.78, 5) is 38.9. The maximum absolute atomic E-state index is 13.0. The van der Waals surface area contributed by atoms with Crippen LogP contribution < -0.4 is 15.4 Å². The number of hydrogen-bond acceptors (Lipinski definition) is 4. The molecule has 1 saturated heterocycles. The highest BCUT2D eigenvalue weighted by Gasteiger charge is 2.50. The molecule has 1 heterocycles. The number of hydrogen-bond donors (Lipinski definition) is 2. The van der Waals surface area contributed by atoms with Crippen molar-refractivity contribution in [1.29, 1.82) is 0 Å². The highest BCUT2D eigenvalue weighted by atomic mass is 19.3. The van der Waals surface area contributed by atoms with E-state index >= 15 is 0 Å². The SMILES string of the molecule is C[C@H](NC(=O)CN1C(=O)N[C@@](C)(c2ccc(OC(F)F)cc2)C1=O)[C@@H]1C[C@H]2CC[C@H]1C2. The minimum atomic E-state index is -2.95. The Morgan fingerprint density at radius 2 is 1.97 bits per heavy atom. The van der Waals surface area contributed by atoms with E-state index in [2.05, 4.69) is 15.4 Å². The molecule has 1 aliphatic heterocycles. The summed E-state index contributed by atoms with van der Waals surface area (Å²) >= 11 is 0. The van der Waals surface area contributed by atoms with E-state index in [1.54, 1.807) is 0 Å². The molecule has 2 saturated carbocycles. The lowest BCUT2D eigenvalue weighted by Crippen LogP contribution is -2.47. The molecule has 2 N–H and O–H groups in total. The van der Waals surface area contributed by atoms with Crippen LogP contribution in [0.2, 0.25) is 0 Å². The lowest BCUT2D eigenvalue weighted by Gasteiger charge is -2.29. The van der Waals surface area contributed by atoms with E-state index < -0.39 is 24.1 Å². The van der Waals surface area contributed by atoms with Gasteiger partial charge in [-0.2, -0.15) is 8.78 Å². The minimum absolute atomic E-state index is 0.00247. The molecule has 0 unspecified atom stereocenters. The fourth-order valence-electron chi connectivity index (χ4n) is 5.46. The number of nitrogens with zero attached hydrogens (tertiary/aromatic N) is 1. The zero-order chi connectivity index (χ0) is 22.3. The van der Waals surface area contributed by atoms with Gasteiger partial charge >= 0.3 is 12.6 Å². The zero-order valence-electron chi connectivity index (χ0n) is 17.6. The van der Waals surface area contributed by atoms with Crippen molar-refractivity contribution in [2.75, 3.05) is 6.54 Å². The molecular weight excluding hydrogens is 408 g/mol. The number of carbonyl (C=O) groups is 3. The number of benzene rings is 1. The molecule has 3 fully saturated rings. The molecule has 5 atom stereocenters. The summed E-state index contributed by atoms with van der Waals surface area (Å²) in [5.41, 5.74) is -0.984. The number of halogens is 2. The molecule has 1 aromatic rings. The first-order chi connectivity index (χ1) is 14.7. The van der Waals surface area contributed by atoms with Crippen LogP contribution in [0.3, 0.4) is 0 Å². The summed E-state index contributed by atoms with van der Waals surface area (Å²) in [5, 5.41) is 5.58. The van der Waals surface area contributed by atoms with Crippen LogP contribution in [0, 0.1) is 17.8 Å². The summed E-state index contributed by atoms with van der Waals surface area (Å²) in [6.45, 7) is 0.191. The normalized spacial score (nSPS) is 30.6. The number of rotatable bonds is 7. The van der Waals surface area contributed by atoms with Gasteiger partial charge in [-0.05, 0) is 68.6 Å². The average Bonchev–Trinajstić information content (AvgIpc) is 3.39. The number of alkyl halides is 2. The van der Waals surface area contributed by atoms with Gasteiger partial charge in [-0.15, -0.1) is 0 Å². The van der Waals surface area contributed by atoms with E-state index in [9.17, 15) is 23.2 Å². The molecular formula is C22H27F2N3O4. The molecule has 9 heteroatoms. The Kier molecular flexibility index (Phi) is 5.61. The van der Waals surface area contributed by atoms with Gasteiger partial charge in [-0.1, -0.05) is 18.6 Å². The number of imide groups is 1. The Morgan fingerprint density at radius 3 is 2.55 bits per heavy atom. The van der Waals surface area contributed by atoms with Crippen LogP contribution in [0.5, 0.6) is 5.75 Å². The molecule has 2 bridgehead atoms. The van der Waals surface area contributed by atoms with Crippen LogP contribution in [-0.2, 0) is 15.1 Å². The van der Waals surface area contributed by atoms with E-state index in [4.69, 9.17) is 0 Å². The Labute approximate surface area is 179 Å². The van der Waals surface area contributed by atoms with Gasteiger partial charge in [-0.25, -0.2) is 4.79 Å². The monoisotopic (exact) mass is 435 g/mol. The number of fused-ring (bicyclic) bond motifs is 2. The molecule has 168 valence electrons. The number of amides is 4. The molecule has 0 aromatic heterocycles.